The molecule has 1 aromatic carbocycles. The molecule has 0 atom stereocenters. The van der Waals surface area contributed by atoms with Crippen molar-refractivity contribution in [3.8, 4) is 5.75 Å². The number of hydrogen-bond acceptors (Lipinski definition) is 5. The van der Waals surface area contributed by atoms with Crippen molar-refractivity contribution in [3.63, 3.8) is 0 Å². The first-order valence-electron chi connectivity index (χ1n) is 7.32. The Morgan fingerprint density at radius 2 is 1.76 bits per heavy atom. The SMILES string of the molecule is COc1ccc(NC(=O)CSCC(=O)NNC(=O)c2ccc[nH]2)cc1. The topological polar surface area (TPSA) is 112 Å². The highest BCUT2D eigenvalue weighted by molar-refractivity contribution is 8.00. The number of nitrogens with one attached hydrogen (secondary N) is 4. The molecular weight excluding hydrogens is 344 g/mol. The number of hydrogen-bond donors (Lipinski definition) is 4. The molecule has 9 heteroatoms. The molecule has 0 bridgehead atoms. The van der Waals surface area contributed by atoms with Gasteiger partial charge in [-0.15, -0.1) is 11.8 Å². The van der Waals surface area contributed by atoms with Crippen molar-refractivity contribution in [2.75, 3.05) is 23.9 Å². The summed E-state index contributed by atoms with van der Waals surface area (Å²) in [6, 6.07) is 10.2. The minimum atomic E-state index is -0.444. The predicted octanol–water partition coefficient (Wildman–Crippen LogP) is 1.16. The fourth-order valence-corrected chi connectivity index (χ4v) is 2.43. The maximum Gasteiger partial charge on any atom is 0.286 e. The van der Waals surface area contributed by atoms with Gasteiger partial charge in [0.2, 0.25) is 11.8 Å². The van der Waals surface area contributed by atoms with Crippen molar-refractivity contribution < 1.29 is 19.1 Å². The average molecular weight is 362 g/mol. The molecule has 1 aromatic heterocycles. The molecule has 2 aromatic rings. The Labute approximate surface area is 148 Å². The van der Waals surface area contributed by atoms with E-state index in [9.17, 15) is 14.4 Å². The van der Waals surface area contributed by atoms with E-state index < -0.39 is 11.8 Å². The Balaban J connectivity index is 1.63. The summed E-state index contributed by atoms with van der Waals surface area (Å²) < 4.78 is 5.04. The summed E-state index contributed by atoms with van der Waals surface area (Å²) in [5.41, 5.74) is 5.55. The zero-order valence-corrected chi connectivity index (χ0v) is 14.3. The number of thioether (sulfide) groups is 1. The lowest BCUT2D eigenvalue weighted by Gasteiger charge is -2.07. The van der Waals surface area contributed by atoms with Crippen LogP contribution in [0.5, 0.6) is 5.75 Å². The lowest BCUT2D eigenvalue weighted by molar-refractivity contribution is -0.119. The van der Waals surface area contributed by atoms with Crippen molar-refractivity contribution in [1.82, 2.24) is 15.8 Å². The second kappa shape index (κ2) is 9.38. The lowest BCUT2D eigenvalue weighted by atomic mass is 10.3. The van der Waals surface area contributed by atoms with Crippen LogP contribution in [0.3, 0.4) is 0 Å². The van der Waals surface area contributed by atoms with E-state index in [1.54, 1.807) is 49.7 Å². The number of H-pyrrole nitrogens is 1. The number of rotatable bonds is 7. The minimum Gasteiger partial charge on any atom is -0.497 e. The summed E-state index contributed by atoms with van der Waals surface area (Å²) in [6.45, 7) is 0. The Morgan fingerprint density at radius 3 is 2.40 bits per heavy atom. The Hall–Kier alpha value is -2.94. The van der Waals surface area contributed by atoms with Crippen molar-refractivity contribution in [1.29, 1.82) is 0 Å². The monoisotopic (exact) mass is 362 g/mol. The lowest BCUT2D eigenvalue weighted by Crippen LogP contribution is -2.42. The van der Waals surface area contributed by atoms with Crippen molar-refractivity contribution in [3.05, 3.63) is 48.3 Å². The van der Waals surface area contributed by atoms with Gasteiger partial charge in [0.15, 0.2) is 0 Å². The zero-order valence-electron chi connectivity index (χ0n) is 13.5. The summed E-state index contributed by atoms with van der Waals surface area (Å²) in [5, 5.41) is 2.71. The molecule has 0 aliphatic rings. The van der Waals surface area contributed by atoms with Crippen molar-refractivity contribution >= 4 is 35.2 Å². The van der Waals surface area contributed by atoms with Gasteiger partial charge in [-0.1, -0.05) is 0 Å². The molecule has 25 heavy (non-hydrogen) atoms. The quantitative estimate of drug-likeness (QED) is 0.552. The smallest absolute Gasteiger partial charge is 0.286 e. The van der Waals surface area contributed by atoms with Crippen LogP contribution in [0.2, 0.25) is 0 Å². The van der Waals surface area contributed by atoms with Crippen LogP contribution in [-0.4, -0.2) is 41.3 Å². The van der Waals surface area contributed by atoms with E-state index in [-0.39, 0.29) is 17.4 Å². The molecule has 8 nitrogen and oxygen atoms in total. The minimum absolute atomic E-state index is 0.0427. The van der Waals surface area contributed by atoms with Crippen LogP contribution in [0.15, 0.2) is 42.6 Å². The second-order valence-corrected chi connectivity index (χ2v) is 5.84. The number of aromatic nitrogens is 1. The normalized spacial score (nSPS) is 9.96. The van der Waals surface area contributed by atoms with Gasteiger partial charge >= 0.3 is 0 Å². The van der Waals surface area contributed by atoms with Crippen LogP contribution < -0.4 is 20.9 Å². The van der Waals surface area contributed by atoms with Gasteiger partial charge in [0, 0.05) is 11.9 Å². The highest BCUT2D eigenvalue weighted by Gasteiger charge is 2.09. The van der Waals surface area contributed by atoms with Gasteiger partial charge in [0.05, 0.1) is 18.6 Å². The van der Waals surface area contributed by atoms with E-state index in [0.717, 1.165) is 11.8 Å². The number of ether oxygens (including phenoxy) is 1. The molecule has 0 radical (unpaired) electrons. The fourth-order valence-electron chi connectivity index (χ4n) is 1.81. The van der Waals surface area contributed by atoms with Crippen LogP contribution in [0, 0.1) is 0 Å². The van der Waals surface area contributed by atoms with Crippen molar-refractivity contribution in [2.24, 2.45) is 0 Å². The first-order valence-corrected chi connectivity index (χ1v) is 8.48. The van der Waals surface area contributed by atoms with Crippen molar-refractivity contribution in [2.45, 2.75) is 0 Å². The number of methoxy groups -OCH3 is 1. The number of carbonyl (C=O) groups is 3. The predicted molar refractivity (Wildman–Crippen MR) is 95.4 cm³/mol. The third-order valence-corrected chi connectivity index (χ3v) is 3.93. The van der Waals surface area contributed by atoms with Gasteiger partial charge in [-0.3, -0.25) is 25.2 Å². The first kappa shape index (κ1) is 18.4. The first-order chi connectivity index (χ1) is 12.1. The third kappa shape index (κ3) is 6.22. The van der Waals surface area contributed by atoms with Gasteiger partial charge in [-0.05, 0) is 36.4 Å². The van der Waals surface area contributed by atoms with E-state index in [2.05, 4.69) is 21.2 Å². The van der Waals surface area contributed by atoms with E-state index in [1.807, 2.05) is 0 Å². The molecule has 2 rings (SSSR count). The average Bonchev–Trinajstić information content (AvgIpc) is 3.15. The molecule has 1 heterocycles. The molecule has 0 spiro atoms. The van der Waals surface area contributed by atoms with Crippen LogP contribution in [0.1, 0.15) is 10.5 Å². The molecule has 0 unspecified atom stereocenters. The molecule has 0 fully saturated rings. The van der Waals surface area contributed by atoms with E-state index in [1.165, 1.54) is 0 Å². The summed E-state index contributed by atoms with van der Waals surface area (Å²) in [6.07, 6.45) is 1.61. The number of carbonyl (C=O) groups excluding carboxylic acids is 3. The maximum atomic E-state index is 11.8. The number of amides is 3. The van der Waals surface area contributed by atoms with Gasteiger partial charge in [0.1, 0.15) is 11.4 Å². The highest BCUT2D eigenvalue weighted by atomic mass is 32.2. The summed E-state index contributed by atoms with van der Waals surface area (Å²) in [4.78, 5) is 37.8. The van der Waals surface area contributed by atoms with Crippen LogP contribution in [-0.2, 0) is 9.59 Å². The summed E-state index contributed by atoms with van der Waals surface area (Å²) in [7, 11) is 1.57. The second-order valence-electron chi connectivity index (χ2n) is 4.86. The molecular formula is C16H18N4O4S. The molecule has 132 valence electrons. The van der Waals surface area contributed by atoms with Gasteiger partial charge in [-0.2, -0.15) is 0 Å². The summed E-state index contributed by atoms with van der Waals surface area (Å²) >= 11 is 1.14. The molecule has 0 saturated carbocycles. The third-order valence-electron chi connectivity index (χ3n) is 3.00. The van der Waals surface area contributed by atoms with Gasteiger partial charge < -0.3 is 15.0 Å². The molecule has 4 N–H and O–H groups in total. The number of benzene rings is 1. The largest absolute Gasteiger partial charge is 0.497 e. The van der Waals surface area contributed by atoms with Gasteiger partial charge in [0.25, 0.3) is 5.91 Å². The van der Waals surface area contributed by atoms with E-state index in [0.29, 0.717) is 17.1 Å². The van der Waals surface area contributed by atoms with Crippen LogP contribution in [0.25, 0.3) is 0 Å². The van der Waals surface area contributed by atoms with E-state index >= 15 is 0 Å². The molecule has 0 saturated heterocycles. The number of aromatic amines is 1. The number of hydrazine groups is 1. The van der Waals surface area contributed by atoms with Gasteiger partial charge in [-0.25, -0.2) is 0 Å². The fraction of sp³-hybridized carbons (Fsp3) is 0.188. The van der Waals surface area contributed by atoms with Crippen LogP contribution in [0.4, 0.5) is 5.69 Å². The Kier molecular flexibility index (Phi) is 6.90. The van der Waals surface area contributed by atoms with E-state index in [4.69, 9.17) is 4.74 Å². The highest BCUT2D eigenvalue weighted by Crippen LogP contribution is 2.15. The Bertz CT molecular complexity index is 716. The molecule has 3 amide bonds. The summed E-state index contributed by atoms with van der Waals surface area (Å²) in [5.74, 6) is -0.211. The Morgan fingerprint density at radius 1 is 1.04 bits per heavy atom. The molecule has 0 aliphatic heterocycles. The number of anilines is 1. The standard InChI is InChI=1S/C16H18N4O4S/c1-24-12-6-4-11(5-7-12)18-14(21)9-25-10-15(22)19-20-16(23)13-3-2-8-17-13/h2-8,17H,9-10H2,1H3,(H,18,21)(H,19,22)(H,20,23). The molecule has 0 aliphatic carbocycles. The van der Waals surface area contributed by atoms with Crippen LogP contribution >= 0.6 is 11.8 Å². The zero-order chi connectivity index (χ0) is 18.1. The maximum absolute atomic E-state index is 11.8.